The van der Waals surface area contributed by atoms with Crippen molar-refractivity contribution in [3.63, 3.8) is 0 Å². The van der Waals surface area contributed by atoms with Crippen molar-refractivity contribution in [2.45, 2.75) is 48.9 Å². The Bertz CT molecular complexity index is 1340. The number of halogens is 2. The van der Waals surface area contributed by atoms with Crippen LogP contribution in [0.1, 0.15) is 35.9 Å². The number of carboxylic acid groups (broad SMARTS) is 1. The van der Waals surface area contributed by atoms with Gasteiger partial charge in [0.2, 0.25) is 0 Å². The summed E-state index contributed by atoms with van der Waals surface area (Å²) in [7, 11) is 0. The van der Waals surface area contributed by atoms with Crippen LogP contribution in [0.15, 0.2) is 50.7 Å². The molecule has 164 valence electrons. The van der Waals surface area contributed by atoms with E-state index >= 15 is 0 Å². The van der Waals surface area contributed by atoms with Crippen LogP contribution in [0.25, 0.3) is 22.0 Å². The van der Waals surface area contributed by atoms with Crippen molar-refractivity contribution in [2.24, 2.45) is 0 Å². The summed E-state index contributed by atoms with van der Waals surface area (Å²) >= 11 is 7.62. The zero-order valence-corrected chi connectivity index (χ0v) is 19.1. The summed E-state index contributed by atoms with van der Waals surface area (Å²) < 4.78 is 22.3. The van der Waals surface area contributed by atoms with Crippen LogP contribution >= 0.6 is 23.4 Å². The lowest BCUT2D eigenvalue weighted by Crippen LogP contribution is -2.04. The standard InChI is InChI=1S/C24H20ClFN2O3S/c1-12-21(13(2)31-27-12)18-10-16(26)11-19-22(18)24(32-17-5-3-15(25)4-6-17)23-14(9-20(29)30)7-8-28(19)23/h3-6,10-11,14H,7-9H2,1-2H3,(H,29,30). The first-order valence-corrected chi connectivity index (χ1v) is 11.5. The summed E-state index contributed by atoms with van der Waals surface area (Å²) in [5, 5.41) is 15.1. The molecule has 32 heavy (non-hydrogen) atoms. The number of hydrogen-bond acceptors (Lipinski definition) is 4. The Balaban J connectivity index is 1.82. The third-order valence-corrected chi connectivity index (χ3v) is 7.35. The normalized spacial score (nSPS) is 15.4. The first-order valence-electron chi connectivity index (χ1n) is 10.3. The van der Waals surface area contributed by atoms with Gasteiger partial charge in [-0.1, -0.05) is 28.5 Å². The fourth-order valence-electron chi connectivity index (χ4n) is 4.69. The lowest BCUT2D eigenvalue weighted by atomic mass is 9.97. The highest BCUT2D eigenvalue weighted by atomic mass is 35.5. The Morgan fingerprint density at radius 1 is 1.31 bits per heavy atom. The van der Waals surface area contributed by atoms with Gasteiger partial charge >= 0.3 is 5.97 Å². The van der Waals surface area contributed by atoms with Crippen molar-refractivity contribution in [2.75, 3.05) is 0 Å². The average molecular weight is 471 g/mol. The van der Waals surface area contributed by atoms with Crippen LogP contribution in [-0.2, 0) is 11.3 Å². The van der Waals surface area contributed by atoms with Gasteiger partial charge in [-0.2, -0.15) is 0 Å². The highest BCUT2D eigenvalue weighted by Gasteiger charge is 2.33. The van der Waals surface area contributed by atoms with Gasteiger partial charge in [0.05, 0.1) is 17.6 Å². The van der Waals surface area contributed by atoms with E-state index in [1.54, 1.807) is 11.8 Å². The second kappa shape index (κ2) is 7.98. The Morgan fingerprint density at radius 3 is 2.72 bits per heavy atom. The second-order valence-electron chi connectivity index (χ2n) is 8.05. The molecule has 0 saturated carbocycles. The SMILES string of the molecule is Cc1noc(C)c1-c1cc(F)cc2c1c(Sc1ccc(Cl)cc1)c1n2CCC1CC(=O)O. The van der Waals surface area contributed by atoms with E-state index in [2.05, 4.69) is 9.72 Å². The number of benzene rings is 2. The lowest BCUT2D eigenvalue weighted by molar-refractivity contribution is -0.137. The monoisotopic (exact) mass is 470 g/mol. The second-order valence-corrected chi connectivity index (χ2v) is 9.57. The molecule has 0 spiro atoms. The minimum atomic E-state index is -0.840. The van der Waals surface area contributed by atoms with E-state index in [1.165, 1.54) is 12.1 Å². The van der Waals surface area contributed by atoms with Crippen LogP contribution < -0.4 is 0 Å². The van der Waals surface area contributed by atoms with Gasteiger partial charge in [-0.05, 0) is 56.7 Å². The minimum Gasteiger partial charge on any atom is -0.481 e. The van der Waals surface area contributed by atoms with Crippen molar-refractivity contribution in [1.29, 1.82) is 0 Å². The van der Waals surface area contributed by atoms with Gasteiger partial charge in [0, 0.05) is 49.5 Å². The summed E-state index contributed by atoms with van der Waals surface area (Å²) in [6, 6.07) is 10.6. The molecule has 1 aliphatic rings. The van der Waals surface area contributed by atoms with Gasteiger partial charge in [0.15, 0.2) is 0 Å². The van der Waals surface area contributed by atoms with Gasteiger partial charge < -0.3 is 14.2 Å². The molecule has 1 aliphatic heterocycles. The molecule has 0 radical (unpaired) electrons. The fourth-order valence-corrected chi connectivity index (χ4v) is 6.02. The van der Waals surface area contributed by atoms with E-state index in [9.17, 15) is 14.3 Å². The number of carbonyl (C=O) groups is 1. The van der Waals surface area contributed by atoms with Crippen LogP contribution in [0.2, 0.25) is 5.02 Å². The van der Waals surface area contributed by atoms with Crippen LogP contribution in [0.3, 0.4) is 0 Å². The summed E-state index contributed by atoms with van der Waals surface area (Å²) in [5.41, 5.74) is 3.88. The Kier molecular flexibility index (Phi) is 5.26. The van der Waals surface area contributed by atoms with Gasteiger partial charge in [-0.15, -0.1) is 0 Å². The van der Waals surface area contributed by atoms with Crippen molar-refractivity contribution in [1.82, 2.24) is 9.72 Å². The first kappa shape index (κ1) is 21.1. The van der Waals surface area contributed by atoms with Crippen LogP contribution in [0, 0.1) is 19.7 Å². The van der Waals surface area contributed by atoms with Crippen molar-refractivity contribution in [3.05, 3.63) is 64.4 Å². The molecule has 0 bridgehead atoms. The minimum absolute atomic E-state index is 0.0354. The molecule has 4 aromatic rings. The Hall–Kier alpha value is -2.77. The number of hydrogen-bond donors (Lipinski definition) is 1. The quantitative estimate of drug-likeness (QED) is 0.346. The predicted molar refractivity (Wildman–Crippen MR) is 122 cm³/mol. The molecular weight excluding hydrogens is 451 g/mol. The van der Waals surface area contributed by atoms with Crippen LogP contribution in [-0.4, -0.2) is 20.8 Å². The molecule has 3 heterocycles. The van der Waals surface area contributed by atoms with Gasteiger partial charge in [-0.25, -0.2) is 4.39 Å². The zero-order chi connectivity index (χ0) is 22.6. The number of aryl methyl sites for hydroxylation is 3. The van der Waals surface area contributed by atoms with Crippen LogP contribution in [0.4, 0.5) is 4.39 Å². The summed E-state index contributed by atoms with van der Waals surface area (Å²) in [6.45, 7) is 4.30. The van der Waals surface area contributed by atoms with Crippen molar-refractivity contribution >= 4 is 40.2 Å². The molecule has 5 rings (SSSR count). The number of carboxylic acids is 1. The highest BCUT2D eigenvalue weighted by Crippen LogP contribution is 2.50. The van der Waals surface area contributed by atoms with Gasteiger partial charge in [-0.3, -0.25) is 4.79 Å². The van der Waals surface area contributed by atoms with Gasteiger partial charge in [0.25, 0.3) is 0 Å². The molecule has 0 fully saturated rings. The molecule has 1 N–H and O–H groups in total. The molecule has 0 amide bonds. The molecular formula is C24H20ClFN2O3S. The summed E-state index contributed by atoms with van der Waals surface area (Å²) in [5.74, 6) is -0.716. The first-order chi connectivity index (χ1) is 15.3. The molecule has 0 aliphatic carbocycles. The van der Waals surface area contributed by atoms with E-state index in [0.717, 1.165) is 32.0 Å². The molecule has 0 saturated heterocycles. The molecule has 8 heteroatoms. The molecule has 2 aromatic heterocycles. The fraction of sp³-hybridized carbons (Fsp3) is 0.250. The van der Waals surface area contributed by atoms with E-state index in [-0.39, 0.29) is 18.2 Å². The van der Waals surface area contributed by atoms with E-state index < -0.39 is 5.97 Å². The van der Waals surface area contributed by atoms with Crippen molar-refractivity contribution in [3.8, 4) is 11.1 Å². The van der Waals surface area contributed by atoms with E-state index in [1.807, 2.05) is 38.1 Å². The largest absolute Gasteiger partial charge is 0.481 e. The number of aliphatic carboxylic acids is 1. The molecule has 1 atom stereocenters. The Labute approximate surface area is 193 Å². The van der Waals surface area contributed by atoms with E-state index in [0.29, 0.717) is 35.0 Å². The number of nitrogens with zero attached hydrogens (tertiary/aromatic N) is 2. The lowest BCUT2D eigenvalue weighted by Gasteiger charge is -2.12. The summed E-state index contributed by atoms with van der Waals surface area (Å²) in [6.07, 6.45) is 0.747. The number of fused-ring (bicyclic) bond motifs is 3. The number of aromatic nitrogens is 2. The van der Waals surface area contributed by atoms with E-state index in [4.69, 9.17) is 16.1 Å². The third-order valence-electron chi connectivity index (χ3n) is 5.97. The smallest absolute Gasteiger partial charge is 0.304 e. The maximum atomic E-state index is 14.8. The Morgan fingerprint density at radius 2 is 2.06 bits per heavy atom. The van der Waals surface area contributed by atoms with Crippen LogP contribution in [0.5, 0.6) is 0 Å². The topological polar surface area (TPSA) is 68.3 Å². The summed E-state index contributed by atoms with van der Waals surface area (Å²) in [4.78, 5) is 13.5. The maximum Gasteiger partial charge on any atom is 0.304 e. The average Bonchev–Trinajstić information content (AvgIpc) is 3.38. The third kappa shape index (κ3) is 3.49. The van der Waals surface area contributed by atoms with Gasteiger partial charge in [0.1, 0.15) is 11.6 Å². The molecule has 2 aromatic carbocycles. The predicted octanol–water partition coefficient (Wildman–Crippen LogP) is 6.82. The molecule has 5 nitrogen and oxygen atoms in total. The molecule has 1 unspecified atom stereocenters. The highest BCUT2D eigenvalue weighted by molar-refractivity contribution is 7.99. The number of rotatable bonds is 5. The van der Waals surface area contributed by atoms with Crippen molar-refractivity contribution < 1.29 is 18.8 Å². The maximum absolute atomic E-state index is 14.8. The zero-order valence-electron chi connectivity index (χ0n) is 17.5.